The lowest BCUT2D eigenvalue weighted by molar-refractivity contribution is 1.34. The molecule has 0 fully saturated rings. The van der Waals surface area contributed by atoms with Crippen molar-refractivity contribution in [2.45, 2.75) is 0 Å². The lowest BCUT2D eigenvalue weighted by Gasteiger charge is -2.03. The molecule has 0 aliphatic rings. The first-order valence-corrected chi connectivity index (χ1v) is 6.23. The molecule has 0 unspecified atom stereocenters. The van der Waals surface area contributed by atoms with Crippen LogP contribution in [0.1, 0.15) is 0 Å². The highest BCUT2D eigenvalue weighted by Gasteiger charge is 2.13. The van der Waals surface area contributed by atoms with Gasteiger partial charge in [-0.1, -0.05) is 46.4 Å². The third-order valence-electron chi connectivity index (χ3n) is 1.72. The number of pyridine rings is 1. The molecule has 0 amide bonds. The Morgan fingerprint density at radius 3 is 2.33 bits per heavy atom. The number of nitrogens with zero attached hydrogens (tertiary/aromatic N) is 1. The van der Waals surface area contributed by atoms with Crippen molar-refractivity contribution in [3.05, 3.63) is 37.7 Å². The van der Waals surface area contributed by atoms with Crippen LogP contribution in [0, 0.1) is 0 Å². The highest BCUT2D eigenvalue weighted by molar-refractivity contribution is 7.14. The Morgan fingerprint density at radius 1 is 1.00 bits per heavy atom. The maximum Gasteiger partial charge on any atom is 0.148 e. The molecule has 2 aromatic rings. The van der Waals surface area contributed by atoms with Crippen LogP contribution in [0.2, 0.25) is 20.2 Å². The minimum Gasteiger partial charge on any atom is -0.232 e. The molecule has 78 valence electrons. The SMILES string of the molecule is Clc1cc(Cl)c(-c2sccc2Cl)nc1Cl. The second-order valence-electron chi connectivity index (χ2n) is 2.69. The maximum atomic E-state index is 6.01. The van der Waals surface area contributed by atoms with Crippen LogP contribution >= 0.6 is 57.7 Å². The average molecular weight is 299 g/mol. The predicted molar refractivity (Wildman–Crippen MR) is 67.6 cm³/mol. The molecular weight excluding hydrogens is 296 g/mol. The van der Waals surface area contributed by atoms with E-state index in [4.69, 9.17) is 46.4 Å². The minimum absolute atomic E-state index is 0.223. The Morgan fingerprint density at radius 2 is 1.73 bits per heavy atom. The molecule has 0 saturated carbocycles. The van der Waals surface area contributed by atoms with Crippen molar-refractivity contribution in [1.82, 2.24) is 4.98 Å². The summed E-state index contributed by atoms with van der Waals surface area (Å²) in [4.78, 5) is 4.89. The van der Waals surface area contributed by atoms with Gasteiger partial charge in [0, 0.05) is 0 Å². The Kier molecular flexibility index (Phi) is 3.43. The lowest BCUT2D eigenvalue weighted by Crippen LogP contribution is -1.85. The minimum atomic E-state index is 0.223. The Bertz CT molecular complexity index is 509. The third-order valence-corrected chi connectivity index (χ3v) is 4.03. The summed E-state index contributed by atoms with van der Waals surface area (Å²) < 4.78 is 0. The summed E-state index contributed by atoms with van der Waals surface area (Å²) in [6.07, 6.45) is 0. The number of aromatic nitrogens is 1. The van der Waals surface area contributed by atoms with Crippen molar-refractivity contribution in [2.75, 3.05) is 0 Å². The number of rotatable bonds is 1. The van der Waals surface area contributed by atoms with Crippen LogP contribution in [-0.4, -0.2) is 4.98 Å². The molecule has 0 aliphatic heterocycles. The van der Waals surface area contributed by atoms with Crippen LogP contribution in [0.5, 0.6) is 0 Å². The first kappa shape index (κ1) is 11.5. The van der Waals surface area contributed by atoms with Crippen molar-refractivity contribution in [3.8, 4) is 10.6 Å². The largest absolute Gasteiger partial charge is 0.232 e. The third kappa shape index (κ3) is 2.24. The van der Waals surface area contributed by atoms with E-state index in [1.165, 1.54) is 11.3 Å². The van der Waals surface area contributed by atoms with Crippen molar-refractivity contribution in [2.24, 2.45) is 0 Å². The number of halogens is 4. The fraction of sp³-hybridized carbons (Fsp3) is 0. The van der Waals surface area contributed by atoms with Crippen molar-refractivity contribution >= 4 is 57.7 Å². The van der Waals surface area contributed by atoms with Gasteiger partial charge in [0.2, 0.25) is 0 Å². The van der Waals surface area contributed by atoms with Crippen LogP contribution in [0.25, 0.3) is 10.6 Å². The fourth-order valence-electron chi connectivity index (χ4n) is 1.07. The molecule has 15 heavy (non-hydrogen) atoms. The second-order valence-corrected chi connectivity index (χ2v) is 5.18. The Labute approximate surface area is 111 Å². The summed E-state index contributed by atoms with van der Waals surface area (Å²) in [7, 11) is 0. The molecule has 0 saturated heterocycles. The highest BCUT2D eigenvalue weighted by Crippen LogP contribution is 2.38. The molecule has 2 aromatic heterocycles. The molecule has 0 spiro atoms. The van der Waals surface area contributed by atoms with Crippen LogP contribution in [0.15, 0.2) is 17.5 Å². The monoisotopic (exact) mass is 297 g/mol. The zero-order valence-corrected chi connectivity index (χ0v) is 10.9. The van der Waals surface area contributed by atoms with Crippen LogP contribution in [0.4, 0.5) is 0 Å². The molecule has 0 aromatic carbocycles. The zero-order valence-electron chi connectivity index (χ0n) is 7.10. The van der Waals surface area contributed by atoms with Gasteiger partial charge >= 0.3 is 0 Å². The Balaban J connectivity index is 2.64. The van der Waals surface area contributed by atoms with Gasteiger partial charge in [-0.15, -0.1) is 11.3 Å². The fourth-order valence-corrected chi connectivity index (χ4v) is 2.86. The average Bonchev–Trinajstić information content (AvgIpc) is 2.58. The van der Waals surface area contributed by atoms with Gasteiger partial charge in [0.05, 0.1) is 19.9 Å². The van der Waals surface area contributed by atoms with Crippen molar-refractivity contribution in [3.63, 3.8) is 0 Å². The van der Waals surface area contributed by atoms with E-state index in [1.807, 2.05) is 5.38 Å². The molecule has 0 aliphatic carbocycles. The van der Waals surface area contributed by atoms with E-state index in [0.717, 1.165) is 4.88 Å². The molecule has 2 rings (SSSR count). The second kappa shape index (κ2) is 4.48. The van der Waals surface area contributed by atoms with Gasteiger partial charge < -0.3 is 0 Å². The summed E-state index contributed by atoms with van der Waals surface area (Å²) in [6.45, 7) is 0. The van der Waals surface area contributed by atoms with Gasteiger partial charge in [0.25, 0.3) is 0 Å². The van der Waals surface area contributed by atoms with Crippen molar-refractivity contribution in [1.29, 1.82) is 0 Å². The van der Waals surface area contributed by atoms with E-state index < -0.39 is 0 Å². The first-order chi connectivity index (χ1) is 7.09. The van der Waals surface area contributed by atoms with E-state index in [2.05, 4.69) is 4.98 Å². The maximum absolute atomic E-state index is 6.01. The van der Waals surface area contributed by atoms with Gasteiger partial charge in [0.15, 0.2) is 0 Å². The van der Waals surface area contributed by atoms with Crippen molar-refractivity contribution < 1.29 is 0 Å². The van der Waals surface area contributed by atoms with Gasteiger partial charge in [0.1, 0.15) is 10.8 Å². The van der Waals surface area contributed by atoms with E-state index in [-0.39, 0.29) is 5.15 Å². The molecule has 1 nitrogen and oxygen atoms in total. The number of thiophene rings is 1. The smallest absolute Gasteiger partial charge is 0.148 e. The number of hydrogen-bond acceptors (Lipinski definition) is 2. The molecule has 0 atom stereocenters. The summed E-state index contributed by atoms with van der Waals surface area (Å²) in [5.74, 6) is 0. The zero-order chi connectivity index (χ0) is 11.0. The molecule has 0 N–H and O–H groups in total. The standard InChI is InChI=1S/C9H3Cl4NS/c10-4-1-2-15-8(4)7-5(11)3-6(12)9(13)14-7/h1-3H. The lowest BCUT2D eigenvalue weighted by atomic mass is 10.3. The van der Waals surface area contributed by atoms with Crippen LogP contribution in [-0.2, 0) is 0 Å². The Hall–Kier alpha value is 0.01000. The van der Waals surface area contributed by atoms with E-state index >= 15 is 0 Å². The van der Waals surface area contributed by atoms with E-state index in [9.17, 15) is 0 Å². The van der Waals surface area contributed by atoms with E-state index in [1.54, 1.807) is 12.1 Å². The predicted octanol–water partition coefficient (Wildman–Crippen LogP) is 5.42. The van der Waals surface area contributed by atoms with E-state index in [0.29, 0.717) is 20.8 Å². The van der Waals surface area contributed by atoms with Crippen LogP contribution < -0.4 is 0 Å². The summed E-state index contributed by atoms with van der Waals surface area (Å²) in [5, 5.41) is 3.46. The molecule has 6 heteroatoms. The van der Waals surface area contributed by atoms with Gasteiger partial charge in [-0.3, -0.25) is 0 Å². The highest BCUT2D eigenvalue weighted by atomic mass is 35.5. The van der Waals surface area contributed by atoms with Crippen LogP contribution in [0.3, 0.4) is 0 Å². The molecule has 2 heterocycles. The quantitative estimate of drug-likeness (QED) is 0.640. The molecular formula is C9H3Cl4NS. The summed E-state index contributed by atoms with van der Waals surface area (Å²) in [5.41, 5.74) is 0.561. The van der Waals surface area contributed by atoms with Gasteiger partial charge in [-0.2, -0.15) is 0 Å². The molecule has 0 bridgehead atoms. The number of hydrogen-bond donors (Lipinski definition) is 0. The van der Waals surface area contributed by atoms with Gasteiger partial charge in [-0.05, 0) is 17.5 Å². The summed E-state index contributed by atoms with van der Waals surface area (Å²) in [6, 6.07) is 3.34. The topological polar surface area (TPSA) is 12.9 Å². The first-order valence-electron chi connectivity index (χ1n) is 3.84. The van der Waals surface area contributed by atoms with Gasteiger partial charge in [-0.25, -0.2) is 4.98 Å². The molecule has 0 radical (unpaired) electrons. The normalized spacial score (nSPS) is 10.7. The summed E-state index contributed by atoms with van der Waals surface area (Å²) >= 11 is 25.0.